The molecule has 0 spiro atoms. The quantitative estimate of drug-likeness (QED) is 0.309. The molecule has 0 aliphatic rings. The summed E-state index contributed by atoms with van der Waals surface area (Å²) in [4.78, 5) is 0. The normalized spacial score (nSPS) is 12.7. The van der Waals surface area contributed by atoms with Crippen LogP contribution in [0.3, 0.4) is 0 Å². The second kappa shape index (κ2) is 26.8. The first-order chi connectivity index (χ1) is 11.7. The van der Waals surface area contributed by atoms with Crippen molar-refractivity contribution >= 4 is 23.1 Å². The Morgan fingerprint density at radius 2 is 1.04 bits per heavy atom. The van der Waals surface area contributed by atoms with E-state index in [-0.39, 0.29) is 36.3 Å². The third-order valence-corrected chi connectivity index (χ3v) is 4.25. The minimum Gasteiger partial charge on any atom is -0.853 e. The van der Waals surface area contributed by atoms with Gasteiger partial charge in [-0.2, -0.15) is 0 Å². The van der Waals surface area contributed by atoms with Gasteiger partial charge in [-0.3, -0.25) is 0 Å². The van der Waals surface area contributed by atoms with Crippen molar-refractivity contribution in [3.8, 4) is 0 Å². The molecule has 2 unspecified atom stereocenters. The average Bonchev–Trinajstić information content (AvgIpc) is 2.61. The largest absolute Gasteiger partial charge is 2.00 e. The molecular formula is C20H42MgO4. The van der Waals surface area contributed by atoms with Gasteiger partial charge < -0.3 is 19.7 Å². The van der Waals surface area contributed by atoms with Gasteiger partial charge in [-0.1, -0.05) is 66.2 Å². The zero-order valence-corrected chi connectivity index (χ0v) is 18.8. The Labute approximate surface area is 173 Å². The van der Waals surface area contributed by atoms with Gasteiger partial charge in [-0.25, -0.2) is 0 Å². The number of rotatable bonds is 16. The van der Waals surface area contributed by atoms with E-state index in [0.29, 0.717) is 25.0 Å². The molecule has 0 aromatic heterocycles. The summed E-state index contributed by atoms with van der Waals surface area (Å²) < 4.78 is 10.4. The van der Waals surface area contributed by atoms with E-state index >= 15 is 0 Å². The van der Waals surface area contributed by atoms with Crippen LogP contribution in [-0.4, -0.2) is 62.7 Å². The smallest absolute Gasteiger partial charge is 0.853 e. The molecule has 2 atom stereocenters. The zero-order chi connectivity index (χ0) is 18.5. The summed E-state index contributed by atoms with van der Waals surface area (Å²) in [5, 5.41) is 20.2. The van der Waals surface area contributed by atoms with Crippen molar-refractivity contribution in [1.29, 1.82) is 0 Å². The van der Waals surface area contributed by atoms with E-state index in [9.17, 15) is 10.2 Å². The minimum absolute atomic E-state index is 0. The molecule has 0 amide bonds. The minimum atomic E-state index is -0.107. The van der Waals surface area contributed by atoms with Crippen LogP contribution in [0.5, 0.6) is 0 Å². The van der Waals surface area contributed by atoms with Gasteiger partial charge in [0.1, 0.15) is 0 Å². The average molecular weight is 371 g/mol. The Balaban J connectivity index is -0.000000372. The van der Waals surface area contributed by atoms with Crippen molar-refractivity contribution < 1.29 is 19.7 Å². The van der Waals surface area contributed by atoms with Crippen LogP contribution < -0.4 is 10.2 Å². The van der Waals surface area contributed by atoms with Crippen molar-refractivity contribution in [2.45, 2.75) is 79.1 Å². The molecule has 25 heavy (non-hydrogen) atoms. The van der Waals surface area contributed by atoms with Gasteiger partial charge in [-0.05, 0) is 24.7 Å². The number of hydrogen-bond acceptors (Lipinski definition) is 4. The molecule has 0 aromatic rings. The summed E-state index contributed by atoms with van der Waals surface area (Å²) in [6.45, 7) is 10.9. The molecule has 4 nitrogen and oxygen atoms in total. The van der Waals surface area contributed by atoms with Crippen LogP contribution in [0.1, 0.15) is 79.1 Å². The molecule has 0 radical (unpaired) electrons. The molecule has 148 valence electrons. The third kappa shape index (κ3) is 24.6. The third-order valence-electron chi connectivity index (χ3n) is 4.25. The predicted octanol–water partition coefficient (Wildman–Crippen LogP) is 2.78. The Morgan fingerprint density at radius 3 is 1.28 bits per heavy atom. The van der Waals surface area contributed by atoms with Gasteiger partial charge in [0.15, 0.2) is 0 Å². The van der Waals surface area contributed by atoms with Gasteiger partial charge in [0, 0.05) is 26.4 Å². The molecule has 0 aliphatic heterocycles. The Morgan fingerprint density at radius 1 is 0.680 bits per heavy atom. The summed E-state index contributed by atoms with van der Waals surface area (Å²) >= 11 is 0. The van der Waals surface area contributed by atoms with Crippen LogP contribution in [0.4, 0.5) is 0 Å². The maximum absolute atomic E-state index is 10.1. The summed E-state index contributed by atoms with van der Waals surface area (Å²) in [5.74, 6) is 1.33. The number of hydrogen-bond donors (Lipinski definition) is 0. The number of ether oxygens (including phenoxy) is 2. The van der Waals surface area contributed by atoms with E-state index < -0.39 is 0 Å². The first-order valence-electron chi connectivity index (χ1n) is 10.0. The van der Waals surface area contributed by atoms with Crippen LogP contribution in [0.2, 0.25) is 0 Å². The second-order valence-electron chi connectivity index (χ2n) is 6.39. The van der Waals surface area contributed by atoms with Crippen molar-refractivity contribution in [1.82, 2.24) is 0 Å². The molecule has 0 saturated carbocycles. The maximum atomic E-state index is 10.1. The molecule has 0 fully saturated rings. The van der Waals surface area contributed by atoms with E-state index in [2.05, 4.69) is 27.7 Å². The molecule has 0 N–H and O–H groups in total. The van der Waals surface area contributed by atoms with E-state index in [0.717, 1.165) is 13.2 Å². The molecule has 0 aromatic carbocycles. The van der Waals surface area contributed by atoms with Gasteiger partial charge in [0.05, 0.1) is 0 Å². The topological polar surface area (TPSA) is 64.6 Å². The van der Waals surface area contributed by atoms with Crippen molar-refractivity contribution in [3.05, 3.63) is 0 Å². The van der Waals surface area contributed by atoms with Crippen LogP contribution in [0, 0.1) is 11.8 Å². The maximum Gasteiger partial charge on any atom is 2.00 e. The first kappa shape index (κ1) is 30.3. The van der Waals surface area contributed by atoms with E-state index in [1.165, 1.54) is 51.4 Å². The van der Waals surface area contributed by atoms with E-state index in [1.807, 2.05) is 0 Å². The predicted molar refractivity (Wildman–Crippen MR) is 104 cm³/mol. The molecule has 0 saturated heterocycles. The summed E-state index contributed by atoms with van der Waals surface area (Å²) in [6, 6.07) is 0. The molecular weight excluding hydrogens is 329 g/mol. The van der Waals surface area contributed by atoms with Gasteiger partial charge in [0.2, 0.25) is 0 Å². The van der Waals surface area contributed by atoms with Gasteiger partial charge in [0.25, 0.3) is 0 Å². The standard InChI is InChI=1S/2C10H21O2.Mg/c2*1-3-5-6-10(4-2)9-12-8-7-11;/h2*10H,3-9H2,1-2H3;/q2*-1;+2. The van der Waals surface area contributed by atoms with Crippen LogP contribution in [0.15, 0.2) is 0 Å². The monoisotopic (exact) mass is 370 g/mol. The van der Waals surface area contributed by atoms with Crippen molar-refractivity contribution in [3.63, 3.8) is 0 Å². The van der Waals surface area contributed by atoms with Crippen LogP contribution >= 0.6 is 0 Å². The van der Waals surface area contributed by atoms with Gasteiger partial charge in [-0.15, -0.1) is 13.2 Å². The van der Waals surface area contributed by atoms with Crippen molar-refractivity contribution in [2.24, 2.45) is 11.8 Å². The second-order valence-corrected chi connectivity index (χ2v) is 6.39. The Hall–Kier alpha value is 0.606. The molecule has 0 heterocycles. The SMILES string of the molecule is CCCCC(CC)COCC[O-].CCCCC(CC)COCC[O-].[Mg+2]. The number of unbranched alkanes of at least 4 members (excludes halogenated alkanes) is 2. The summed E-state index contributed by atoms with van der Waals surface area (Å²) in [5.41, 5.74) is 0. The van der Waals surface area contributed by atoms with Crippen LogP contribution in [0.25, 0.3) is 0 Å². The fraction of sp³-hybridized carbons (Fsp3) is 1.00. The summed E-state index contributed by atoms with van der Waals surface area (Å²) in [6.07, 6.45) is 9.87. The van der Waals surface area contributed by atoms with E-state index in [1.54, 1.807) is 0 Å². The fourth-order valence-electron chi connectivity index (χ4n) is 2.41. The van der Waals surface area contributed by atoms with Crippen LogP contribution in [-0.2, 0) is 9.47 Å². The van der Waals surface area contributed by atoms with Crippen molar-refractivity contribution in [2.75, 3.05) is 39.6 Å². The summed E-state index contributed by atoms with van der Waals surface area (Å²) in [7, 11) is 0. The fourth-order valence-corrected chi connectivity index (χ4v) is 2.41. The first-order valence-corrected chi connectivity index (χ1v) is 10.0. The Bertz CT molecular complexity index is 196. The zero-order valence-electron chi connectivity index (χ0n) is 17.4. The Kier molecular flexibility index (Phi) is 32.6. The molecule has 5 heteroatoms. The molecule has 0 rings (SSSR count). The molecule has 0 aliphatic carbocycles. The van der Waals surface area contributed by atoms with E-state index in [4.69, 9.17) is 9.47 Å². The van der Waals surface area contributed by atoms with Gasteiger partial charge >= 0.3 is 23.1 Å². The molecule has 0 bridgehead atoms.